The number of hydrogen-bond donors (Lipinski definition) is 2. The molecule has 1 aliphatic carbocycles. The van der Waals surface area contributed by atoms with E-state index in [2.05, 4.69) is 15.0 Å². The van der Waals surface area contributed by atoms with Crippen molar-refractivity contribution in [3.05, 3.63) is 48.2 Å². The molecule has 0 radical (unpaired) electrons. The van der Waals surface area contributed by atoms with Gasteiger partial charge in [-0.1, -0.05) is 25.0 Å². The summed E-state index contributed by atoms with van der Waals surface area (Å²) >= 11 is 0. The molecule has 1 heterocycles. The third-order valence-corrected chi connectivity index (χ3v) is 5.38. The average Bonchev–Trinajstić information content (AvgIpc) is 3.02. The average molecular weight is 331 g/mol. The van der Waals surface area contributed by atoms with Crippen LogP contribution in [0, 0.1) is 6.92 Å². The molecular formula is C17H21N3O2S. The van der Waals surface area contributed by atoms with Gasteiger partial charge in [0.1, 0.15) is 5.82 Å². The van der Waals surface area contributed by atoms with Crippen molar-refractivity contribution >= 4 is 21.5 Å². The number of anilines is 2. The van der Waals surface area contributed by atoms with Gasteiger partial charge in [0.2, 0.25) is 0 Å². The minimum absolute atomic E-state index is 0.243. The number of benzene rings is 1. The first-order chi connectivity index (χ1) is 11.0. The van der Waals surface area contributed by atoms with E-state index in [0.29, 0.717) is 11.9 Å². The fourth-order valence-corrected chi connectivity index (χ4v) is 3.94. The molecule has 6 heteroatoms. The fraction of sp³-hybridized carbons (Fsp3) is 0.353. The molecule has 0 amide bonds. The molecule has 23 heavy (non-hydrogen) atoms. The van der Waals surface area contributed by atoms with Gasteiger partial charge in [0.25, 0.3) is 10.0 Å². The van der Waals surface area contributed by atoms with Crippen LogP contribution in [0.5, 0.6) is 0 Å². The summed E-state index contributed by atoms with van der Waals surface area (Å²) in [5, 5.41) is 3.43. The summed E-state index contributed by atoms with van der Waals surface area (Å²) < 4.78 is 27.2. The first-order valence-corrected chi connectivity index (χ1v) is 9.33. The number of pyridine rings is 1. The normalized spacial score (nSPS) is 15.5. The Morgan fingerprint density at radius 1 is 1.13 bits per heavy atom. The van der Waals surface area contributed by atoms with E-state index >= 15 is 0 Å². The molecule has 0 saturated heterocycles. The molecular weight excluding hydrogens is 310 g/mol. The second-order valence-corrected chi connectivity index (χ2v) is 7.66. The maximum Gasteiger partial charge on any atom is 0.263 e. The van der Waals surface area contributed by atoms with Crippen LogP contribution in [0.2, 0.25) is 0 Å². The summed E-state index contributed by atoms with van der Waals surface area (Å²) in [5.41, 5.74) is 1.83. The Labute approximate surface area is 137 Å². The lowest BCUT2D eigenvalue weighted by Gasteiger charge is -2.13. The van der Waals surface area contributed by atoms with Gasteiger partial charge < -0.3 is 5.32 Å². The van der Waals surface area contributed by atoms with Gasteiger partial charge in [0.05, 0.1) is 16.8 Å². The number of rotatable bonds is 5. The van der Waals surface area contributed by atoms with E-state index in [9.17, 15) is 8.42 Å². The first-order valence-electron chi connectivity index (χ1n) is 7.85. The molecule has 0 aliphatic heterocycles. The van der Waals surface area contributed by atoms with Crippen molar-refractivity contribution < 1.29 is 8.42 Å². The van der Waals surface area contributed by atoms with Crippen molar-refractivity contribution in [3.63, 3.8) is 0 Å². The highest BCUT2D eigenvalue weighted by Gasteiger charge is 2.16. The molecule has 1 fully saturated rings. The maximum atomic E-state index is 12.4. The predicted octanol–water partition coefficient (Wildman–Crippen LogP) is 3.55. The van der Waals surface area contributed by atoms with Gasteiger partial charge in [-0.3, -0.25) is 4.72 Å². The van der Waals surface area contributed by atoms with Crippen LogP contribution >= 0.6 is 0 Å². The summed E-state index contributed by atoms with van der Waals surface area (Å²) in [4.78, 5) is 4.44. The van der Waals surface area contributed by atoms with Crippen LogP contribution in [0.3, 0.4) is 0 Å². The molecule has 3 rings (SSSR count). The second-order valence-electron chi connectivity index (χ2n) is 5.98. The highest BCUT2D eigenvalue weighted by molar-refractivity contribution is 7.92. The van der Waals surface area contributed by atoms with Crippen molar-refractivity contribution in [2.45, 2.75) is 43.5 Å². The Hall–Kier alpha value is -2.08. The smallest absolute Gasteiger partial charge is 0.263 e. The first kappa shape index (κ1) is 15.8. The Morgan fingerprint density at radius 2 is 1.91 bits per heavy atom. The third kappa shape index (κ3) is 4.01. The topological polar surface area (TPSA) is 71.1 Å². The monoisotopic (exact) mass is 331 g/mol. The largest absolute Gasteiger partial charge is 0.381 e. The Bertz CT molecular complexity index is 767. The van der Waals surface area contributed by atoms with Gasteiger partial charge >= 0.3 is 0 Å². The molecule has 1 aromatic carbocycles. The van der Waals surface area contributed by atoms with Crippen molar-refractivity contribution in [3.8, 4) is 0 Å². The van der Waals surface area contributed by atoms with Gasteiger partial charge in [-0.15, -0.1) is 0 Å². The van der Waals surface area contributed by atoms with Crippen LogP contribution in [0.15, 0.2) is 47.5 Å². The Kier molecular flexibility index (Phi) is 4.52. The van der Waals surface area contributed by atoms with Crippen LogP contribution in [0.25, 0.3) is 0 Å². The van der Waals surface area contributed by atoms with Crippen molar-refractivity contribution in [2.24, 2.45) is 0 Å². The molecule has 2 N–H and O–H groups in total. The van der Waals surface area contributed by atoms with E-state index in [-0.39, 0.29) is 4.90 Å². The van der Waals surface area contributed by atoms with E-state index in [0.717, 1.165) is 11.3 Å². The number of nitrogens with one attached hydrogen (secondary N) is 2. The van der Waals surface area contributed by atoms with Crippen LogP contribution in [-0.4, -0.2) is 19.4 Å². The second kappa shape index (κ2) is 6.58. The summed E-state index contributed by atoms with van der Waals surface area (Å²) in [5.74, 6) is 0.323. The summed E-state index contributed by atoms with van der Waals surface area (Å²) in [6.07, 6.45) is 6.56. The quantitative estimate of drug-likeness (QED) is 0.879. The number of aromatic nitrogens is 1. The molecule has 122 valence electrons. The van der Waals surface area contributed by atoms with E-state index in [1.54, 1.807) is 30.5 Å². The molecule has 0 atom stereocenters. The standard InChI is InChI=1S/C17H21N3O2S/c1-13-5-4-8-16(11-13)23(21,22)20-17-10-9-15(12-18-17)19-14-6-2-3-7-14/h4-5,8-12,14,19H,2-3,6-7H2,1H3,(H,18,20). The molecule has 0 spiro atoms. The predicted molar refractivity (Wildman–Crippen MR) is 92.1 cm³/mol. The molecule has 1 aromatic heterocycles. The minimum Gasteiger partial charge on any atom is -0.381 e. The highest BCUT2D eigenvalue weighted by atomic mass is 32.2. The van der Waals surface area contributed by atoms with E-state index in [1.165, 1.54) is 25.7 Å². The summed E-state index contributed by atoms with van der Waals surface area (Å²) in [6.45, 7) is 1.86. The molecule has 0 unspecified atom stereocenters. The van der Waals surface area contributed by atoms with Gasteiger partial charge in [-0.05, 0) is 49.6 Å². The summed E-state index contributed by atoms with van der Waals surface area (Å²) in [6, 6.07) is 10.9. The minimum atomic E-state index is -3.60. The number of sulfonamides is 1. The molecule has 1 aliphatic rings. The zero-order valence-electron chi connectivity index (χ0n) is 13.1. The Balaban J connectivity index is 1.70. The molecule has 0 bridgehead atoms. The van der Waals surface area contributed by atoms with E-state index < -0.39 is 10.0 Å². The van der Waals surface area contributed by atoms with Gasteiger partial charge in [0.15, 0.2) is 0 Å². The maximum absolute atomic E-state index is 12.4. The van der Waals surface area contributed by atoms with Gasteiger partial charge in [-0.2, -0.15) is 0 Å². The van der Waals surface area contributed by atoms with Crippen molar-refractivity contribution in [2.75, 3.05) is 10.0 Å². The van der Waals surface area contributed by atoms with Gasteiger partial charge in [0, 0.05) is 6.04 Å². The zero-order chi connectivity index (χ0) is 16.3. The molecule has 5 nitrogen and oxygen atoms in total. The fourth-order valence-electron chi connectivity index (χ4n) is 2.82. The van der Waals surface area contributed by atoms with Crippen LogP contribution in [0.1, 0.15) is 31.2 Å². The number of nitrogens with zero attached hydrogens (tertiary/aromatic N) is 1. The van der Waals surface area contributed by atoms with E-state index in [4.69, 9.17) is 0 Å². The zero-order valence-corrected chi connectivity index (χ0v) is 13.9. The van der Waals surface area contributed by atoms with Crippen molar-refractivity contribution in [1.82, 2.24) is 4.98 Å². The van der Waals surface area contributed by atoms with Crippen LogP contribution in [0.4, 0.5) is 11.5 Å². The van der Waals surface area contributed by atoms with Crippen LogP contribution < -0.4 is 10.0 Å². The van der Waals surface area contributed by atoms with Gasteiger partial charge in [-0.25, -0.2) is 13.4 Å². The lowest BCUT2D eigenvalue weighted by Crippen LogP contribution is -2.16. The SMILES string of the molecule is Cc1cccc(S(=O)(=O)Nc2ccc(NC3CCCC3)cn2)c1. The molecule has 1 saturated carbocycles. The Morgan fingerprint density at radius 3 is 2.57 bits per heavy atom. The lowest BCUT2D eigenvalue weighted by molar-refractivity contribution is 0.601. The number of aryl methyl sites for hydroxylation is 1. The molecule has 2 aromatic rings. The van der Waals surface area contributed by atoms with E-state index in [1.807, 2.05) is 19.1 Å². The highest BCUT2D eigenvalue weighted by Crippen LogP contribution is 2.23. The third-order valence-electron chi connectivity index (χ3n) is 4.03. The van der Waals surface area contributed by atoms with Crippen LogP contribution in [-0.2, 0) is 10.0 Å². The number of hydrogen-bond acceptors (Lipinski definition) is 4. The van der Waals surface area contributed by atoms with Crippen molar-refractivity contribution in [1.29, 1.82) is 0 Å². The summed E-state index contributed by atoms with van der Waals surface area (Å²) in [7, 11) is -3.60. The lowest BCUT2D eigenvalue weighted by atomic mass is 10.2.